The van der Waals surface area contributed by atoms with E-state index in [9.17, 15) is 18.8 Å². The lowest BCUT2D eigenvalue weighted by atomic mass is 10.1. The van der Waals surface area contributed by atoms with Gasteiger partial charge >= 0.3 is 11.8 Å². The molecule has 0 fully saturated rings. The first-order valence-electron chi connectivity index (χ1n) is 7.02. The lowest BCUT2D eigenvalue weighted by molar-refractivity contribution is -0.136. The van der Waals surface area contributed by atoms with Gasteiger partial charge in [-0.2, -0.15) is 0 Å². The van der Waals surface area contributed by atoms with Crippen LogP contribution in [0.4, 0.5) is 10.1 Å². The van der Waals surface area contributed by atoms with Crippen LogP contribution in [-0.2, 0) is 16.6 Å². The second kappa shape index (κ2) is 7.27. The standard InChI is InChI=1S/C16H15ClFN3O3/c1-9(11-6-5-10(18)8-12(11)17)19-14(22)15(23)20-13-4-3-7-21(2)16(13)24/h3-9H,1-2H3,(H,19,22)(H,20,23)/t9-/m1/s1. The normalized spacial score (nSPS) is 11.7. The van der Waals surface area contributed by atoms with Crippen molar-refractivity contribution in [3.63, 3.8) is 0 Å². The Bertz CT molecular complexity index is 851. The summed E-state index contributed by atoms with van der Waals surface area (Å²) < 4.78 is 14.3. The topological polar surface area (TPSA) is 80.2 Å². The highest BCUT2D eigenvalue weighted by Crippen LogP contribution is 2.23. The molecule has 0 saturated heterocycles. The Morgan fingerprint density at radius 1 is 1.25 bits per heavy atom. The number of halogens is 2. The van der Waals surface area contributed by atoms with E-state index in [1.807, 2.05) is 0 Å². The molecule has 0 aliphatic carbocycles. The Morgan fingerprint density at radius 2 is 1.96 bits per heavy atom. The number of carbonyl (C=O) groups excluding carboxylic acids is 2. The van der Waals surface area contributed by atoms with Crippen molar-refractivity contribution in [3.05, 3.63) is 63.3 Å². The Labute approximate surface area is 142 Å². The van der Waals surface area contributed by atoms with E-state index in [0.717, 1.165) is 6.07 Å². The predicted molar refractivity (Wildman–Crippen MR) is 88.3 cm³/mol. The molecule has 1 aromatic carbocycles. The van der Waals surface area contributed by atoms with Crippen molar-refractivity contribution in [3.8, 4) is 0 Å². The third-order valence-electron chi connectivity index (χ3n) is 3.35. The summed E-state index contributed by atoms with van der Waals surface area (Å²) in [4.78, 5) is 35.7. The molecular formula is C16H15ClFN3O3. The van der Waals surface area contributed by atoms with E-state index in [1.54, 1.807) is 13.0 Å². The third-order valence-corrected chi connectivity index (χ3v) is 3.68. The molecule has 0 aliphatic rings. The smallest absolute Gasteiger partial charge is 0.313 e. The average molecular weight is 352 g/mol. The number of aromatic nitrogens is 1. The van der Waals surface area contributed by atoms with Crippen LogP contribution in [-0.4, -0.2) is 16.4 Å². The van der Waals surface area contributed by atoms with E-state index in [2.05, 4.69) is 10.6 Å². The molecule has 2 rings (SSSR count). The molecule has 1 atom stereocenters. The maximum Gasteiger partial charge on any atom is 0.313 e. The van der Waals surface area contributed by atoms with Gasteiger partial charge in [-0.15, -0.1) is 0 Å². The van der Waals surface area contributed by atoms with Crippen LogP contribution < -0.4 is 16.2 Å². The molecule has 126 valence electrons. The molecule has 0 aliphatic heterocycles. The third kappa shape index (κ3) is 3.99. The van der Waals surface area contributed by atoms with E-state index in [-0.39, 0.29) is 10.7 Å². The molecule has 8 heteroatoms. The van der Waals surface area contributed by atoms with Gasteiger partial charge in [-0.05, 0) is 36.8 Å². The number of hydrogen-bond acceptors (Lipinski definition) is 3. The highest BCUT2D eigenvalue weighted by molar-refractivity contribution is 6.39. The van der Waals surface area contributed by atoms with Gasteiger partial charge in [0, 0.05) is 18.3 Å². The van der Waals surface area contributed by atoms with Gasteiger partial charge in [0.25, 0.3) is 5.56 Å². The highest BCUT2D eigenvalue weighted by Gasteiger charge is 2.19. The van der Waals surface area contributed by atoms with Gasteiger partial charge in [0.15, 0.2) is 0 Å². The minimum absolute atomic E-state index is 0.00684. The van der Waals surface area contributed by atoms with Gasteiger partial charge in [0.1, 0.15) is 11.5 Å². The summed E-state index contributed by atoms with van der Waals surface area (Å²) in [6.07, 6.45) is 1.52. The Balaban J connectivity index is 2.07. The molecule has 2 amide bonds. The lowest BCUT2D eigenvalue weighted by Gasteiger charge is -2.15. The monoisotopic (exact) mass is 351 g/mol. The minimum atomic E-state index is -0.983. The molecule has 2 N–H and O–H groups in total. The summed E-state index contributed by atoms with van der Waals surface area (Å²) in [6, 6.07) is 6.09. The van der Waals surface area contributed by atoms with Gasteiger partial charge in [-0.3, -0.25) is 14.4 Å². The molecular weight excluding hydrogens is 337 g/mol. The van der Waals surface area contributed by atoms with E-state index in [0.29, 0.717) is 5.56 Å². The zero-order valence-electron chi connectivity index (χ0n) is 13.0. The van der Waals surface area contributed by atoms with Gasteiger partial charge in [0.2, 0.25) is 0 Å². The maximum atomic E-state index is 13.0. The van der Waals surface area contributed by atoms with Crippen LogP contribution >= 0.6 is 11.6 Å². The molecule has 1 aromatic heterocycles. The molecule has 0 spiro atoms. The SMILES string of the molecule is C[C@@H](NC(=O)C(=O)Nc1cccn(C)c1=O)c1ccc(F)cc1Cl. The van der Waals surface area contributed by atoms with E-state index < -0.39 is 29.2 Å². The number of nitrogens with one attached hydrogen (secondary N) is 2. The van der Waals surface area contributed by atoms with E-state index in [1.165, 1.54) is 36.0 Å². The Hall–Kier alpha value is -2.67. The van der Waals surface area contributed by atoms with Gasteiger partial charge in [-0.1, -0.05) is 17.7 Å². The van der Waals surface area contributed by atoms with Crippen molar-refractivity contribution in [2.75, 3.05) is 5.32 Å². The number of anilines is 1. The van der Waals surface area contributed by atoms with Crippen LogP contribution in [0.2, 0.25) is 5.02 Å². The number of nitrogens with zero attached hydrogens (tertiary/aromatic N) is 1. The van der Waals surface area contributed by atoms with Crippen LogP contribution in [0.5, 0.6) is 0 Å². The van der Waals surface area contributed by atoms with Crippen LogP contribution in [0.3, 0.4) is 0 Å². The Morgan fingerprint density at radius 3 is 2.62 bits per heavy atom. The molecule has 24 heavy (non-hydrogen) atoms. The van der Waals surface area contributed by atoms with Crippen molar-refractivity contribution >= 4 is 29.1 Å². The average Bonchev–Trinajstić information content (AvgIpc) is 2.51. The fourth-order valence-electron chi connectivity index (χ4n) is 2.06. The largest absolute Gasteiger partial charge is 0.341 e. The summed E-state index contributed by atoms with van der Waals surface area (Å²) in [5.74, 6) is -2.42. The zero-order valence-corrected chi connectivity index (χ0v) is 13.7. The van der Waals surface area contributed by atoms with Crippen molar-refractivity contribution in [2.45, 2.75) is 13.0 Å². The first kappa shape index (κ1) is 17.7. The van der Waals surface area contributed by atoms with Crippen LogP contribution in [0.1, 0.15) is 18.5 Å². The quantitative estimate of drug-likeness (QED) is 0.830. The summed E-state index contributed by atoms with van der Waals surface area (Å²) in [5, 5.41) is 4.84. The van der Waals surface area contributed by atoms with Crippen LogP contribution in [0.25, 0.3) is 0 Å². The van der Waals surface area contributed by atoms with E-state index in [4.69, 9.17) is 11.6 Å². The zero-order chi connectivity index (χ0) is 17.9. The summed E-state index contributed by atoms with van der Waals surface area (Å²) in [7, 11) is 1.52. The molecule has 0 saturated carbocycles. The summed E-state index contributed by atoms with van der Waals surface area (Å²) in [6.45, 7) is 1.60. The van der Waals surface area contributed by atoms with Crippen LogP contribution in [0.15, 0.2) is 41.3 Å². The van der Waals surface area contributed by atoms with Crippen molar-refractivity contribution < 1.29 is 14.0 Å². The molecule has 6 nitrogen and oxygen atoms in total. The molecule has 0 radical (unpaired) electrons. The summed E-state index contributed by atoms with van der Waals surface area (Å²) >= 11 is 5.92. The second-order valence-electron chi connectivity index (χ2n) is 5.15. The Kier molecular flexibility index (Phi) is 5.35. The number of aryl methyl sites for hydroxylation is 1. The van der Waals surface area contributed by atoms with Gasteiger partial charge < -0.3 is 15.2 Å². The van der Waals surface area contributed by atoms with Crippen LogP contribution in [0, 0.1) is 5.82 Å². The lowest BCUT2D eigenvalue weighted by Crippen LogP contribution is -2.38. The minimum Gasteiger partial charge on any atom is -0.341 e. The van der Waals surface area contributed by atoms with E-state index >= 15 is 0 Å². The number of pyridine rings is 1. The number of carbonyl (C=O) groups is 2. The summed E-state index contributed by atoms with van der Waals surface area (Å²) in [5.41, 5.74) is 0.0238. The first-order valence-corrected chi connectivity index (χ1v) is 7.40. The highest BCUT2D eigenvalue weighted by atomic mass is 35.5. The molecule has 2 aromatic rings. The fourth-order valence-corrected chi connectivity index (χ4v) is 2.40. The first-order chi connectivity index (χ1) is 11.3. The fraction of sp³-hybridized carbons (Fsp3) is 0.188. The van der Waals surface area contributed by atoms with Gasteiger partial charge in [0.05, 0.1) is 6.04 Å². The molecule has 0 bridgehead atoms. The van der Waals surface area contributed by atoms with Crippen molar-refractivity contribution in [1.82, 2.24) is 9.88 Å². The molecule has 1 heterocycles. The number of amides is 2. The number of rotatable bonds is 3. The van der Waals surface area contributed by atoms with Crippen molar-refractivity contribution in [2.24, 2.45) is 7.05 Å². The number of benzene rings is 1. The maximum absolute atomic E-state index is 13.0. The molecule has 0 unspecified atom stereocenters. The van der Waals surface area contributed by atoms with Gasteiger partial charge in [-0.25, -0.2) is 4.39 Å². The second-order valence-corrected chi connectivity index (χ2v) is 5.56. The van der Waals surface area contributed by atoms with Crippen molar-refractivity contribution in [1.29, 1.82) is 0 Å². The number of hydrogen-bond donors (Lipinski definition) is 2. The predicted octanol–water partition coefficient (Wildman–Crippen LogP) is 1.99.